The summed E-state index contributed by atoms with van der Waals surface area (Å²) in [7, 11) is 0. The van der Waals surface area contributed by atoms with E-state index in [1.807, 2.05) is 12.1 Å². The average Bonchev–Trinajstić information content (AvgIpc) is 2.69. The molecule has 104 valence electrons. The summed E-state index contributed by atoms with van der Waals surface area (Å²) in [5.74, 6) is 2.17. The molecule has 1 heterocycles. The Balaban J connectivity index is 1.93. The number of nitrogen functional groups attached to an aromatic ring is 2. The molecule has 0 bridgehead atoms. The summed E-state index contributed by atoms with van der Waals surface area (Å²) < 4.78 is 11.9. The van der Waals surface area contributed by atoms with Crippen molar-refractivity contribution in [1.82, 2.24) is 0 Å². The van der Waals surface area contributed by atoms with E-state index in [1.54, 1.807) is 18.2 Å². The molecule has 0 spiro atoms. The lowest BCUT2D eigenvalue weighted by Crippen LogP contribution is -2.24. The van der Waals surface area contributed by atoms with E-state index in [1.165, 1.54) is 0 Å². The van der Waals surface area contributed by atoms with Gasteiger partial charge in [-0.3, -0.25) is 0 Å². The van der Waals surface area contributed by atoms with Crippen LogP contribution in [-0.4, -0.2) is 5.60 Å². The molecule has 0 aliphatic carbocycles. The molecule has 20 heavy (non-hydrogen) atoms. The number of para-hydroxylation sites is 1. The summed E-state index contributed by atoms with van der Waals surface area (Å²) >= 11 is 0. The maximum Gasteiger partial charge on any atom is 0.169 e. The van der Waals surface area contributed by atoms with Crippen LogP contribution in [0.5, 0.6) is 17.2 Å². The van der Waals surface area contributed by atoms with Crippen molar-refractivity contribution in [1.29, 1.82) is 0 Å². The number of rotatable bonds is 2. The monoisotopic (exact) mass is 270 g/mol. The largest absolute Gasteiger partial charge is 0.483 e. The number of anilines is 2. The van der Waals surface area contributed by atoms with Crippen molar-refractivity contribution in [3.05, 3.63) is 42.0 Å². The van der Waals surface area contributed by atoms with E-state index < -0.39 is 0 Å². The highest BCUT2D eigenvalue weighted by Gasteiger charge is 2.32. The Morgan fingerprint density at radius 1 is 1.10 bits per heavy atom. The van der Waals surface area contributed by atoms with Gasteiger partial charge in [0.15, 0.2) is 11.5 Å². The summed E-state index contributed by atoms with van der Waals surface area (Å²) in [5.41, 5.74) is 13.5. The molecule has 2 aromatic rings. The topological polar surface area (TPSA) is 70.5 Å². The lowest BCUT2D eigenvalue weighted by molar-refractivity contribution is 0.135. The molecule has 0 fully saturated rings. The van der Waals surface area contributed by atoms with Crippen molar-refractivity contribution in [2.75, 3.05) is 11.5 Å². The first-order valence-corrected chi connectivity index (χ1v) is 6.58. The summed E-state index contributed by atoms with van der Waals surface area (Å²) in [6.07, 6.45) is 0.878. The van der Waals surface area contributed by atoms with Crippen LogP contribution in [0, 0.1) is 0 Å². The second kappa shape index (κ2) is 4.34. The molecule has 4 N–H and O–H groups in total. The SMILES string of the molecule is CC1(C)Cc2cccc(Oc3ccc(N)c(N)c3)c2O1. The molecule has 4 nitrogen and oxygen atoms in total. The first-order chi connectivity index (χ1) is 9.44. The standard InChI is InChI=1S/C16H18N2O2/c1-16(2)9-10-4-3-5-14(15(10)20-16)19-11-6-7-12(17)13(18)8-11/h3-8H,9,17-18H2,1-2H3. The molecular weight excluding hydrogens is 252 g/mol. The van der Waals surface area contributed by atoms with E-state index in [0.717, 1.165) is 17.7 Å². The minimum Gasteiger partial charge on any atom is -0.483 e. The van der Waals surface area contributed by atoms with Crippen LogP contribution in [0.25, 0.3) is 0 Å². The van der Waals surface area contributed by atoms with E-state index in [9.17, 15) is 0 Å². The van der Waals surface area contributed by atoms with Crippen LogP contribution >= 0.6 is 0 Å². The highest BCUT2D eigenvalue weighted by atomic mass is 16.5. The lowest BCUT2D eigenvalue weighted by Gasteiger charge is -2.18. The van der Waals surface area contributed by atoms with Crippen LogP contribution in [0.15, 0.2) is 36.4 Å². The van der Waals surface area contributed by atoms with Gasteiger partial charge in [0.2, 0.25) is 0 Å². The van der Waals surface area contributed by atoms with E-state index in [2.05, 4.69) is 19.9 Å². The van der Waals surface area contributed by atoms with Gasteiger partial charge in [-0.1, -0.05) is 12.1 Å². The van der Waals surface area contributed by atoms with Gasteiger partial charge in [0, 0.05) is 18.1 Å². The van der Waals surface area contributed by atoms with Gasteiger partial charge in [0.05, 0.1) is 11.4 Å². The zero-order valence-corrected chi connectivity index (χ0v) is 11.6. The van der Waals surface area contributed by atoms with Gasteiger partial charge >= 0.3 is 0 Å². The Hall–Kier alpha value is -2.36. The van der Waals surface area contributed by atoms with Crippen LogP contribution in [-0.2, 0) is 6.42 Å². The Kier molecular flexibility index (Phi) is 2.74. The Morgan fingerprint density at radius 3 is 2.65 bits per heavy atom. The third-order valence-corrected chi connectivity index (χ3v) is 3.34. The second-order valence-corrected chi connectivity index (χ2v) is 5.68. The first-order valence-electron chi connectivity index (χ1n) is 6.58. The van der Waals surface area contributed by atoms with Crippen LogP contribution in [0.1, 0.15) is 19.4 Å². The molecule has 0 saturated heterocycles. The number of nitrogens with two attached hydrogens (primary N) is 2. The molecule has 0 radical (unpaired) electrons. The van der Waals surface area contributed by atoms with Crippen molar-refractivity contribution in [2.24, 2.45) is 0 Å². The zero-order chi connectivity index (χ0) is 14.3. The van der Waals surface area contributed by atoms with Crippen LogP contribution in [0.4, 0.5) is 11.4 Å². The third-order valence-electron chi connectivity index (χ3n) is 3.34. The molecule has 2 aromatic carbocycles. The van der Waals surface area contributed by atoms with Gasteiger partial charge in [-0.2, -0.15) is 0 Å². The van der Waals surface area contributed by atoms with Crippen LogP contribution in [0.3, 0.4) is 0 Å². The number of hydrogen-bond donors (Lipinski definition) is 2. The Bertz CT molecular complexity index is 666. The van der Waals surface area contributed by atoms with E-state index >= 15 is 0 Å². The molecule has 0 atom stereocenters. The summed E-state index contributed by atoms with van der Waals surface area (Å²) in [4.78, 5) is 0. The normalized spacial score (nSPS) is 15.5. The van der Waals surface area contributed by atoms with Crippen molar-refractivity contribution < 1.29 is 9.47 Å². The summed E-state index contributed by atoms with van der Waals surface area (Å²) in [6, 6.07) is 11.2. The number of fused-ring (bicyclic) bond motifs is 1. The van der Waals surface area contributed by atoms with Gasteiger partial charge in [0.25, 0.3) is 0 Å². The third kappa shape index (κ3) is 2.25. The first kappa shape index (κ1) is 12.7. The summed E-state index contributed by atoms with van der Waals surface area (Å²) in [6.45, 7) is 4.13. The molecule has 3 rings (SSSR count). The number of hydrogen-bond acceptors (Lipinski definition) is 4. The number of ether oxygens (including phenoxy) is 2. The minimum atomic E-state index is -0.193. The lowest BCUT2D eigenvalue weighted by atomic mass is 10.0. The highest BCUT2D eigenvalue weighted by Crippen LogP contribution is 2.43. The maximum atomic E-state index is 5.97. The average molecular weight is 270 g/mol. The smallest absolute Gasteiger partial charge is 0.169 e. The molecule has 0 saturated carbocycles. The molecule has 0 aromatic heterocycles. The predicted octanol–water partition coefficient (Wildman–Crippen LogP) is 3.36. The second-order valence-electron chi connectivity index (χ2n) is 5.68. The molecule has 4 heteroatoms. The van der Waals surface area contributed by atoms with Gasteiger partial charge < -0.3 is 20.9 Å². The van der Waals surface area contributed by atoms with Gasteiger partial charge in [-0.05, 0) is 32.0 Å². The zero-order valence-electron chi connectivity index (χ0n) is 11.6. The highest BCUT2D eigenvalue weighted by molar-refractivity contribution is 5.65. The summed E-state index contributed by atoms with van der Waals surface area (Å²) in [5, 5.41) is 0. The van der Waals surface area contributed by atoms with Crippen molar-refractivity contribution >= 4 is 11.4 Å². The quantitative estimate of drug-likeness (QED) is 0.821. The van der Waals surface area contributed by atoms with Crippen LogP contribution in [0.2, 0.25) is 0 Å². The van der Waals surface area contributed by atoms with Crippen molar-refractivity contribution in [3.8, 4) is 17.2 Å². The molecule has 0 unspecified atom stereocenters. The van der Waals surface area contributed by atoms with E-state index in [4.69, 9.17) is 20.9 Å². The Labute approximate surface area is 118 Å². The minimum absolute atomic E-state index is 0.193. The predicted molar refractivity (Wildman–Crippen MR) is 80.2 cm³/mol. The van der Waals surface area contributed by atoms with E-state index in [0.29, 0.717) is 22.9 Å². The van der Waals surface area contributed by atoms with Gasteiger partial charge in [0.1, 0.15) is 11.4 Å². The van der Waals surface area contributed by atoms with Crippen molar-refractivity contribution in [2.45, 2.75) is 25.9 Å². The van der Waals surface area contributed by atoms with Gasteiger partial charge in [-0.15, -0.1) is 0 Å². The van der Waals surface area contributed by atoms with Crippen molar-refractivity contribution in [3.63, 3.8) is 0 Å². The van der Waals surface area contributed by atoms with Crippen LogP contribution < -0.4 is 20.9 Å². The van der Waals surface area contributed by atoms with E-state index in [-0.39, 0.29) is 5.60 Å². The number of benzene rings is 2. The fraction of sp³-hybridized carbons (Fsp3) is 0.250. The molecule has 1 aliphatic heterocycles. The molecule has 0 amide bonds. The fourth-order valence-electron chi connectivity index (χ4n) is 2.41. The molecular formula is C16H18N2O2. The Morgan fingerprint density at radius 2 is 1.90 bits per heavy atom. The van der Waals surface area contributed by atoms with Gasteiger partial charge in [-0.25, -0.2) is 0 Å². The maximum absolute atomic E-state index is 5.97. The fourth-order valence-corrected chi connectivity index (χ4v) is 2.41. The molecule has 1 aliphatic rings.